The number of rotatable bonds is 4. The molecule has 3 amide bonds. The predicted octanol–water partition coefficient (Wildman–Crippen LogP) is 2.29. The van der Waals surface area contributed by atoms with Crippen LogP contribution in [0.3, 0.4) is 0 Å². The lowest BCUT2D eigenvalue weighted by Crippen LogP contribution is -2.50. The molecule has 2 saturated heterocycles. The first-order valence-corrected chi connectivity index (χ1v) is 12.1. The van der Waals surface area contributed by atoms with Gasteiger partial charge in [-0.05, 0) is 67.8 Å². The fourth-order valence-electron chi connectivity index (χ4n) is 4.13. The van der Waals surface area contributed by atoms with E-state index in [9.17, 15) is 18.0 Å². The summed E-state index contributed by atoms with van der Waals surface area (Å²) in [4.78, 5) is 28.6. The van der Waals surface area contributed by atoms with Crippen LogP contribution in [0, 0.1) is 20.8 Å². The molecule has 0 aliphatic carbocycles. The molecule has 9 heteroatoms. The summed E-state index contributed by atoms with van der Waals surface area (Å²) >= 11 is 0. The standard InChI is InChI=1S/C23H28N4O4S/c1-16-4-6-20(15-17(16)2)32(30,31)26-12-10-25(11-13-26)22(28)19-5-7-21(18(3)14-19)27-9-8-24-23(27)29/h4-7,14-15H,8-13H2,1-3H3,(H,24,29). The molecule has 0 saturated carbocycles. The number of urea groups is 1. The Morgan fingerprint density at radius 2 is 1.59 bits per heavy atom. The second kappa shape index (κ2) is 8.55. The van der Waals surface area contributed by atoms with Crippen LogP contribution < -0.4 is 10.2 Å². The van der Waals surface area contributed by atoms with Gasteiger partial charge in [-0.2, -0.15) is 4.31 Å². The zero-order valence-corrected chi connectivity index (χ0v) is 19.4. The zero-order chi connectivity index (χ0) is 23.0. The smallest absolute Gasteiger partial charge is 0.322 e. The van der Waals surface area contributed by atoms with E-state index >= 15 is 0 Å². The van der Waals surface area contributed by atoms with Crippen LogP contribution >= 0.6 is 0 Å². The van der Waals surface area contributed by atoms with Crippen molar-refractivity contribution in [2.45, 2.75) is 25.7 Å². The van der Waals surface area contributed by atoms with E-state index in [2.05, 4.69) is 5.32 Å². The van der Waals surface area contributed by atoms with Crippen molar-refractivity contribution in [2.75, 3.05) is 44.2 Å². The molecule has 2 aliphatic rings. The number of nitrogens with zero attached hydrogens (tertiary/aromatic N) is 3. The number of piperazine rings is 1. The van der Waals surface area contributed by atoms with Crippen LogP contribution in [0.4, 0.5) is 10.5 Å². The molecule has 0 aromatic heterocycles. The number of benzene rings is 2. The number of carbonyl (C=O) groups excluding carboxylic acids is 2. The maximum Gasteiger partial charge on any atom is 0.322 e. The predicted molar refractivity (Wildman–Crippen MR) is 123 cm³/mol. The van der Waals surface area contributed by atoms with Crippen molar-refractivity contribution in [3.63, 3.8) is 0 Å². The van der Waals surface area contributed by atoms with E-state index in [0.29, 0.717) is 31.7 Å². The summed E-state index contributed by atoms with van der Waals surface area (Å²) in [5.74, 6) is -0.131. The summed E-state index contributed by atoms with van der Waals surface area (Å²) in [6.07, 6.45) is 0. The van der Waals surface area contributed by atoms with E-state index in [1.165, 1.54) is 4.31 Å². The van der Waals surface area contributed by atoms with Gasteiger partial charge in [-0.15, -0.1) is 0 Å². The van der Waals surface area contributed by atoms with Gasteiger partial charge in [-0.1, -0.05) is 6.07 Å². The molecule has 1 N–H and O–H groups in total. The summed E-state index contributed by atoms with van der Waals surface area (Å²) in [6.45, 7) is 8.11. The molecule has 170 valence electrons. The molecule has 2 heterocycles. The van der Waals surface area contributed by atoms with Gasteiger partial charge in [0, 0.05) is 50.5 Å². The summed E-state index contributed by atoms with van der Waals surface area (Å²) in [7, 11) is -3.59. The third-order valence-electron chi connectivity index (χ3n) is 6.23. The average Bonchev–Trinajstić information content (AvgIpc) is 3.20. The number of aryl methyl sites for hydroxylation is 3. The van der Waals surface area contributed by atoms with Gasteiger partial charge in [0.2, 0.25) is 10.0 Å². The van der Waals surface area contributed by atoms with Gasteiger partial charge in [0.15, 0.2) is 0 Å². The van der Waals surface area contributed by atoms with Crippen molar-refractivity contribution in [3.8, 4) is 0 Å². The van der Waals surface area contributed by atoms with Crippen molar-refractivity contribution < 1.29 is 18.0 Å². The van der Waals surface area contributed by atoms with Crippen LogP contribution in [0.1, 0.15) is 27.0 Å². The topological polar surface area (TPSA) is 90.0 Å². The molecule has 0 atom stereocenters. The van der Waals surface area contributed by atoms with Crippen LogP contribution in [-0.2, 0) is 10.0 Å². The fourth-order valence-corrected chi connectivity index (χ4v) is 5.64. The Labute approximate surface area is 188 Å². The lowest BCUT2D eigenvalue weighted by atomic mass is 10.1. The lowest BCUT2D eigenvalue weighted by molar-refractivity contribution is 0.0698. The Morgan fingerprint density at radius 1 is 0.875 bits per heavy atom. The number of nitrogens with one attached hydrogen (secondary N) is 1. The molecule has 32 heavy (non-hydrogen) atoms. The van der Waals surface area contributed by atoms with E-state index in [4.69, 9.17) is 0 Å². The Bertz CT molecular complexity index is 1170. The second-order valence-corrected chi connectivity index (χ2v) is 10.3. The zero-order valence-electron chi connectivity index (χ0n) is 18.6. The van der Waals surface area contributed by atoms with Crippen molar-refractivity contribution in [2.24, 2.45) is 0 Å². The van der Waals surface area contributed by atoms with Gasteiger partial charge in [-0.25, -0.2) is 13.2 Å². The molecule has 4 rings (SSSR count). The van der Waals surface area contributed by atoms with Crippen LogP contribution in [-0.4, -0.2) is 68.8 Å². The minimum Gasteiger partial charge on any atom is -0.336 e. The highest BCUT2D eigenvalue weighted by Crippen LogP contribution is 2.25. The number of hydrogen-bond donors (Lipinski definition) is 1. The average molecular weight is 457 g/mol. The summed E-state index contributed by atoms with van der Waals surface area (Å²) in [5, 5.41) is 2.78. The van der Waals surface area contributed by atoms with Crippen molar-refractivity contribution in [3.05, 3.63) is 58.7 Å². The number of sulfonamides is 1. The van der Waals surface area contributed by atoms with Crippen LogP contribution in [0.5, 0.6) is 0 Å². The maximum atomic E-state index is 13.0. The van der Waals surface area contributed by atoms with E-state index < -0.39 is 10.0 Å². The Balaban J connectivity index is 1.44. The van der Waals surface area contributed by atoms with Gasteiger partial charge >= 0.3 is 6.03 Å². The molecule has 2 aromatic rings. The number of carbonyl (C=O) groups is 2. The number of hydrogen-bond acceptors (Lipinski definition) is 4. The molecule has 2 aliphatic heterocycles. The van der Waals surface area contributed by atoms with Crippen molar-refractivity contribution in [1.29, 1.82) is 0 Å². The molecule has 0 radical (unpaired) electrons. The molecule has 0 spiro atoms. The summed E-state index contributed by atoms with van der Waals surface area (Å²) in [5.41, 5.74) is 4.16. The van der Waals surface area contributed by atoms with E-state index in [0.717, 1.165) is 22.4 Å². The van der Waals surface area contributed by atoms with Crippen LogP contribution in [0.15, 0.2) is 41.3 Å². The number of amides is 3. The lowest BCUT2D eigenvalue weighted by Gasteiger charge is -2.34. The quantitative estimate of drug-likeness (QED) is 0.764. The third kappa shape index (κ3) is 4.10. The minimum atomic E-state index is -3.59. The minimum absolute atomic E-state index is 0.131. The van der Waals surface area contributed by atoms with E-state index in [1.54, 1.807) is 40.1 Å². The molecule has 2 fully saturated rings. The second-order valence-electron chi connectivity index (χ2n) is 8.33. The summed E-state index contributed by atoms with van der Waals surface area (Å²) < 4.78 is 27.5. The largest absolute Gasteiger partial charge is 0.336 e. The molecular formula is C23H28N4O4S. The van der Waals surface area contributed by atoms with E-state index in [1.807, 2.05) is 26.8 Å². The fraction of sp³-hybridized carbons (Fsp3) is 0.391. The first kappa shape index (κ1) is 22.3. The van der Waals surface area contributed by atoms with Gasteiger partial charge in [-0.3, -0.25) is 9.69 Å². The maximum absolute atomic E-state index is 13.0. The summed E-state index contributed by atoms with van der Waals surface area (Å²) in [6, 6.07) is 10.4. The van der Waals surface area contributed by atoms with Gasteiger partial charge in [0.05, 0.1) is 4.90 Å². The molecular weight excluding hydrogens is 428 g/mol. The third-order valence-corrected chi connectivity index (χ3v) is 8.13. The van der Waals surface area contributed by atoms with E-state index in [-0.39, 0.29) is 29.9 Å². The van der Waals surface area contributed by atoms with Gasteiger partial charge in [0.1, 0.15) is 0 Å². The highest BCUT2D eigenvalue weighted by Gasteiger charge is 2.31. The molecule has 0 unspecified atom stereocenters. The monoisotopic (exact) mass is 456 g/mol. The van der Waals surface area contributed by atoms with Crippen LogP contribution in [0.25, 0.3) is 0 Å². The molecule has 2 aromatic carbocycles. The Morgan fingerprint density at radius 3 is 2.19 bits per heavy atom. The Hall–Kier alpha value is -2.91. The highest BCUT2D eigenvalue weighted by atomic mass is 32.2. The highest BCUT2D eigenvalue weighted by molar-refractivity contribution is 7.89. The van der Waals surface area contributed by atoms with Crippen molar-refractivity contribution in [1.82, 2.24) is 14.5 Å². The van der Waals surface area contributed by atoms with Crippen LogP contribution in [0.2, 0.25) is 0 Å². The molecule has 8 nitrogen and oxygen atoms in total. The van der Waals surface area contributed by atoms with Gasteiger partial charge < -0.3 is 10.2 Å². The normalized spacial score (nSPS) is 17.5. The number of anilines is 1. The van der Waals surface area contributed by atoms with Crippen molar-refractivity contribution >= 4 is 27.6 Å². The van der Waals surface area contributed by atoms with Gasteiger partial charge in [0.25, 0.3) is 5.91 Å². The first-order chi connectivity index (χ1) is 15.2. The molecule has 0 bridgehead atoms. The first-order valence-electron chi connectivity index (χ1n) is 10.7. The SMILES string of the molecule is Cc1ccc(S(=O)(=O)N2CCN(C(=O)c3ccc(N4CCNC4=O)c(C)c3)CC2)cc1C. The Kier molecular flexibility index (Phi) is 5.96.